The first kappa shape index (κ1) is 17.0. The number of benzene rings is 2. The summed E-state index contributed by atoms with van der Waals surface area (Å²) in [6.07, 6.45) is 3.57. The summed E-state index contributed by atoms with van der Waals surface area (Å²) in [5, 5.41) is 0. The highest BCUT2D eigenvalue weighted by molar-refractivity contribution is 5.96. The first-order chi connectivity index (χ1) is 12.2. The maximum absolute atomic E-state index is 12.7. The lowest BCUT2D eigenvalue weighted by Crippen LogP contribution is -2.32. The van der Waals surface area contributed by atoms with Gasteiger partial charge in [-0.3, -0.25) is 9.59 Å². The SMILES string of the molecule is C=CCN(C(=O)Cc1ccc(N2CCCC2=O)cc1)c1ccccc1. The molecule has 0 spiro atoms. The van der Waals surface area contributed by atoms with Crippen molar-refractivity contribution in [3.63, 3.8) is 0 Å². The Morgan fingerprint density at radius 2 is 1.84 bits per heavy atom. The molecule has 25 heavy (non-hydrogen) atoms. The smallest absolute Gasteiger partial charge is 0.231 e. The van der Waals surface area contributed by atoms with E-state index >= 15 is 0 Å². The van der Waals surface area contributed by atoms with Crippen molar-refractivity contribution in [1.29, 1.82) is 0 Å². The van der Waals surface area contributed by atoms with Crippen molar-refractivity contribution in [3.8, 4) is 0 Å². The maximum atomic E-state index is 12.7. The van der Waals surface area contributed by atoms with Crippen LogP contribution in [0.15, 0.2) is 67.3 Å². The number of hydrogen-bond acceptors (Lipinski definition) is 2. The molecule has 2 aromatic carbocycles. The van der Waals surface area contributed by atoms with Crippen LogP contribution in [0, 0.1) is 0 Å². The Bertz CT molecular complexity index is 753. The summed E-state index contributed by atoms with van der Waals surface area (Å²) in [5.74, 6) is 0.196. The minimum atomic E-state index is 0.0242. The van der Waals surface area contributed by atoms with Crippen molar-refractivity contribution in [2.24, 2.45) is 0 Å². The Morgan fingerprint density at radius 3 is 2.44 bits per heavy atom. The Hall–Kier alpha value is -2.88. The highest BCUT2D eigenvalue weighted by atomic mass is 16.2. The zero-order chi connectivity index (χ0) is 17.6. The number of para-hydroxylation sites is 1. The van der Waals surface area contributed by atoms with Gasteiger partial charge in [-0.1, -0.05) is 36.4 Å². The molecule has 1 aliphatic heterocycles. The summed E-state index contributed by atoms with van der Waals surface area (Å²) in [6, 6.07) is 17.3. The van der Waals surface area contributed by atoms with E-state index in [-0.39, 0.29) is 11.8 Å². The molecule has 2 aromatic rings. The molecule has 1 heterocycles. The quantitative estimate of drug-likeness (QED) is 0.758. The molecule has 0 N–H and O–H groups in total. The number of nitrogens with zero attached hydrogens (tertiary/aromatic N) is 2. The summed E-state index contributed by atoms with van der Waals surface area (Å²) >= 11 is 0. The van der Waals surface area contributed by atoms with Gasteiger partial charge < -0.3 is 9.80 Å². The fraction of sp³-hybridized carbons (Fsp3) is 0.238. The van der Waals surface area contributed by atoms with E-state index in [9.17, 15) is 9.59 Å². The van der Waals surface area contributed by atoms with Crippen molar-refractivity contribution in [3.05, 3.63) is 72.8 Å². The molecule has 1 aliphatic rings. The number of hydrogen-bond donors (Lipinski definition) is 0. The van der Waals surface area contributed by atoms with Gasteiger partial charge in [0.25, 0.3) is 0 Å². The van der Waals surface area contributed by atoms with Gasteiger partial charge in [-0.25, -0.2) is 0 Å². The van der Waals surface area contributed by atoms with E-state index in [4.69, 9.17) is 0 Å². The second-order valence-electron chi connectivity index (χ2n) is 6.12. The van der Waals surface area contributed by atoms with Crippen LogP contribution in [0.25, 0.3) is 0 Å². The van der Waals surface area contributed by atoms with Gasteiger partial charge in [0.05, 0.1) is 6.42 Å². The molecule has 3 rings (SSSR count). The molecule has 0 aromatic heterocycles. The van der Waals surface area contributed by atoms with Crippen molar-refractivity contribution >= 4 is 23.2 Å². The van der Waals surface area contributed by atoms with E-state index in [0.29, 0.717) is 19.4 Å². The molecule has 2 amide bonds. The van der Waals surface area contributed by atoms with Gasteiger partial charge in [0.15, 0.2) is 0 Å². The van der Waals surface area contributed by atoms with E-state index in [1.807, 2.05) is 54.6 Å². The lowest BCUT2D eigenvalue weighted by molar-refractivity contribution is -0.118. The molecular formula is C21H22N2O2. The molecule has 0 aliphatic carbocycles. The summed E-state index contributed by atoms with van der Waals surface area (Å²) in [7, 11) is 0. The molecule has 0 saturated carbocycles. The minimum Gasteiger partial charge on any atom is -0.312 e. The highest BCUT2D eigenvalue weighted by Gasteiger charge is 2.21. The Balaban J connectivity index is 1.71. The second kappa shape index (κ2) is 7.79. The summed E-state index contributed by atoms with van der Waals surface area (Å²) < 4.78 is 0. The minimum absolute atomic E-state index is 0.0242. The summed E-state index contributed by atoms with van der Waals surface area (Å²) in [4.78, 5) is 28.1. The van der Waals surface area contributed by atoms with Gasteiger partial charge in [0, 0.05) is 30.9 Å². The van der Waals surface area contributed by atoms with Crippen LogP contribution in [0.2, 0.25) is 0 Å². The van der Waals surface area contributed by atoms with Crippen molar-refractivity contribution in [2.75, 3.05) is 22.9 Å². The summed E-state index contributed by atoms with van der Waals surface area (Å²) in [6.45, 7) is 5.00. The number of carbonyl (C=O) groups is 2. The van der Waals surface area contributed by atoms with Gasteiger partial charge in [-0.2, -0.15) is 0 Å². The van der Waals surface area contributed by atoms with Gasteiger partial charge in [0.1, 0.15) is 0 Å². The molecule has 128 valence electrons. The lowest BCUT2D eigenvalue weighted by atomic mass is 10.1. The average Bonchev–Trinajstić information content (AvgIpc) is 3.07. The Kier molecular flexibility index (Phi) is 5.29. The molecular weight excluding hydrogens is 312 g/mol. The standard InChI is InChI=1S/C21H22N2O2/c1-2-14-22(18-7-4-3-5-8-18)21(25)16-17-10-12-19(13-11-17)23-15-6-9-20(23)24/h2-5,7-8,10-13H,1,6,9,14-16H2. The topological polar surface area (TPSA) is 40.6 Å². The third-order valence-electron chi connectivity index (χ3n) is 4.36. The normalized spacial score (nSPS) is 13.8. The zero-order valence-corrected chi connectivity index (χ0v) is 14.2. The molecule has 0 radical (unpaired) electrons. The van der Waals surface area contributed by atoms with Crippen LogP contribution in [0.4, 0.5) is 11.4 Å². The maximum Gasteiger partial charge on any atom is 0.231 e. The van der Waals surface area contributed by atoms with Crippen molar-refractivity contribution in [1.82, 2.24) is 0 Å². The number of amides is 2. The van der Waals surface area contributed by atoms with Crippen LogP contribution in [-0.4, -0.2) is 24.9 Å². The van der Waals surface area contributed by atoms with Crippen LogP contribution < -0.4 is 9.80 Å². The van der Waals surface area contributed by atoms with Crippen molar-refractivity contribution in [2.45, 2.75) is 19.3 Å². The first-order valence-electron chi connectivity index (χ1n) is 8.54. The van der Waals surface area contributed by atoms with E-state index in [1.165, 1.54) is 0 Å². The summed E-state index contributed by atoms with van der Waals surface area (Å²) in [5.41, 5.74) is 2.71. The molecule has 4 heteroatoms. The third-order valence-corrected chi connectivity index (χ3v) is 4.36. The predicted molar refractivity (Wildman–Crippen MR) is 101 cm³/mol. The Labute approximate surface area is 148 Å². The molecule has 0 atom stereocenters. The monoisotopic (exact) mass is 334 g/mol. The van der Waals surface area contributed by atoms with E-state index < -0.39 is 0 Å². The molecule has 0 bridgehead atoms. The van der Waals surface area contributed by atoms with Gasteiger partial charge >= 0.3 is 0 Å². The Morgan fingerprint density at radius 1 is 1.12 bits per heavy atom. The molecule has 0 unspecified atom stereocenters. The van der Waals surface area contributed by atoms with Crippen LogP contribution in [0.1, 0.15) is 18.4 Å². The fourth-order valence-electron chi connectivity index (χ4n) is 3.07. The van der Waals surface area contributed by atoms with Gasteiger partial charge in [-0.05, 0) is 36.2 Å². The highest BCUT2D eigenvalue weighted by Crippen LogP contribution is 2.22. The van der Waals surface area contributed by atoms with E-state index in [2.05, 4.69) is 6.58 Å². The molecule has 4 nitrogen and oxygen atoms in total. The van der Waals surface area contributed by atoms with Crippen LogP contribution in [0.3, 0.4) is 0 Å². The van der Waals surface area contributed by atoms with E-state index in [0.717, 1.165) is 29.9 Å². The number of rotatable bonds is 6. The lowest BCUT2D eigenvalue weighted by Gasteiger charge is -2.21. The zero-order valence-electron chi connectivity index (χ0n) is 14.2. The van der Waals surface area contributed by atoms with Gasteiger partial charge in [0.2, 0.25) is 11.8 Å². The molecule has 1 fully saturated rings. The third kappa shape index (κ3) is 3.97. The van der Waals surface area contributed by atoms with E-state index in [1.54, 1.807) is 15.9 Å². The second-order valence-corrected chi connectivity index (χ2v) is 6.12. The van der Waals surface area contributed by atoms with Crippen LogP contribution in [-0.2, 0) is 16.0 Å². The first-order valence-corrected chi connectivity index (χ1v) is 8.54. The molecule has 1 saturated heterocycles. The number of anilines is 2. The predicted octanol–water partition coefficient (Wildman–Crippen LogP) is 3.58. The van der Waals surface area contributed by atoms with Crippen LogP contribution >= 0.6 is 0 Å². The number of carbonyl (C=O) groups excluding carboxylic acids is 2. The van der Waals surface area contributed by atoms with Crippen LogP contribution in [0.5, 0.6) is 0 Å². The van der Waals surface area contributed by atoms with Gasteiger partial charge in [-0.15, -0.1) is 6.58 Å². The average molecular weight is 334 g/mol. The fourth-order valence-corrected chi connectivity index (χ4v) is 3.07. The largest absolute Gasteiger partial charge is 0.312 e. The van der Waals surface area contributed by atoms with Crippen molar-refractivity contribution < 1.29 is 9.59 Å².